The number of alkyl halides is 1. The van der Waals surface area contributed by atoms with Crippen molar-refractivity contribution in [2.45, 2.75) is 33.4 Å². The van der Waals surface area contributed by atoms with Crippen molar-refractivity contribution in [3.63, 3.8) is 0 Å². The van der Waals surface area contributed by atoms with Crippen molar-refractivity contribution in [2.75, 3.05) is 0 Å². The van der Waals surface area contributed by atoms with Crippen LogP contribution in [0.2, 0.25) is 0 Å². The molecule has 0 amide bonds. The molecule has 2 atom stereocenters. The van der Waals surface area contributed by atoms with Crippen molar-refractivity contribution in [2.24, 2.45) is 16.3 Å². The number of halogens is 1. The second kappa shape index (κ2) is 3.68. The fourth-order valence-electron chi connectivity index (χ4n) is 1.22. The van der Waals surface area contributed by atoms with E-state index >= 15 is 0 Å². The smallest absolute Gasteiger partial charge is 0.161 e. The zero-order chi connectivity index (χ0) is 10.8. The molecule has 1 aliphatic heterocycles. The maximum Gasteiger partial charge on any atom is 0.161 e. The molecule has 0 radical (unpaired) electrons. The average Bonchev–Trinajstić information content (AvgIpc) is 2.07. The SMILES string of the molecule is CC(C)C1(C)C=CC(C)(F)C=N/C=C\1. The third-order valence-electron chi connectivity index (χ3n) is 2.86. The highest BCUT2D eigenvalue weighted by Crippen LogP contribution is 2.32. The van der Waals surface area contributed by atoms with Crippen LogP contribution in [-0.4, -0.2) is 11.9 Å². The number of rotatable bonds is 1. The van der Waals surface area contributed by atoms with E-state index in [4.69, 9.17) is 0 Å². The Morgan fingerprint density at radius 2 is 1.79 bits per heavy atom. The Kier molecular flexibility index (Phi) is 2.93. The summed E-state index contributed by atoms with van der Waals surface area (Å²) < 4.78 is 13.6. The average molecular weight is 195 g/mol. The first-order chi connectivity index (χ1) is 6.36. The zero-order valence-electron chi connectivity index (χ0n) is 9.29. The van der Waals surface area contributed by atoms with Crippen molar-refractivity contribution in [3.8, 4) is 0 Å². The Balaban J connectivity index is 3.04. The standard InChI is InChI=1S/C12H18FN/c1-10(2)11(3)5-6-12(4,13)9-14-8-7-11/h5-10H,1-4H3/b6-5?,8-7-,14-9?. The van der Waals surface area contributed by atoms with Gasteiger partial charge in [0.1, 0.15) is 0 Å². The molecule has 0 aromatic rings. The summed E-state index contributed by atoms with van der Waals surface area (Å²) in [6, 6.07) is 0. The molecule has 0 aliphatic carbocycles. The lowest BCUT2D eigenvalue weighted by atomic mass is 9.78. The molecule has 0 bridgehead atoms. The van der Waals surface area contributed by atoms with Crippen LogP contribution in [0.5, 0.6) is 0 Å². The van der Waals surface area contributed by atoms with Crippen LogP contribution in [-0.2, 0) is 0 Å². The van der Waals surface area contributed by atoms with E-state index in [9.17, 15) is 4.39 Å². The summed E-state index contributed by atoms with van der Waals surface area (Å²) in [4.78, 5) is 3.93. The zero-order valence-corrected chi connectivity index (χ0v) is 9.29. The predicted molar refractivity (Wildman–Crippen MR) is 59.2 cm³/mol. The molecule has 0 spiro atoms. The summed E-state index contributed by atoms with van der Waals surface area (Å²) in [5.41, 5.74) is -1.54. The van der Waals surface area contributed by atoms with Crippen LogP contribution >= 0.6 is 0 Å². The quantitative estimate of drug-likeness (QED) is 0.567. The van der Waals surface area contributed by atoms with Crippen molar-refractivity contribution < 1.29 is 4.39 Å². The van der Waals surface area contributed by atoms with Crippen LogP contribution in [0.4, 0.5) is 4.39 Å². The van der Waals surface area contributed by atoms with Gasteiger partial charge in [0, 0.05) is 17.8 Å². The molecule has 14 heavy (non-hydrogen) atoms. The minimum atomic E-state index is -1.43. The summed E-state index contributed by atoms with van der Waals surface area (Å²) in [5, 5.41) is 0. The fourth-order valence-corrected chi connectivity index (χ4v) is 1.22. The van der Waals surface area contributed by atoms with Gasteiger partial charge >= 0.3 is 0 Å². The van der Waals surface area contributed by atoms with Crippen molar-refractivity contribution in [1.29, 1.82) is 0 Å². The third-order valence-corrected chi connectivity index (χ3v) is 2.86. The number of hydrogen-bond acceptors (Lipinski definition) is 1. The van der Waals surface area contributed by atoms with Gasteiger partial charge in [-0.15, -0.1) is 0 Å². The number of hydrogen-bond donors (Lipinski definition) is 0. The lowest BCUT2D eigenvalue weighted by molar-refractivity contribution is 0.343. The van der Waals surface area contributed by atoms with Crippen LogP contribution in [0.3, 0.4) is 0 Å². The Morgan fingerprint density at radius 1 is 1.14 bits per heavy atom. The van der Waals surface area contributed by atoms with E-state index in [0.29, 0.717) is 5.92 Å². The molecule has 0 fully saturated rings. The molecule has 0 N–H and O–H groups in total. The van der Waals surface area contributed by atoms with Gasteiger partial charge in [0.05, 0.1) is 0 Å². The summed E-state index contributed by atoms with van der Waals surface area (Å²) in [5.74, 6) is 0.430. The van der Waals surface area contributed by atoms with Crippen LogP contribution in [0.1, 0.15) is 27.7 Å². The molecule has 0 aromatic heterocycles. The van der Waals surface area contributed by atoms with Crippen LogP contribution in [0.15, 0.2) is 29.4 Å². The van der Waals surface area contributed by atoms with E-state index in [1.807, 2.05) is 12.2 Å². The lowest BCUT2D eigenvalue weighted by Crippen LogP contribution is -2.23. The van der Waals surface area contributed by atoms with Gasteiger partial charge in [-0.05, 0) is 18.9 Å². The topological polar surface area (TPSA) is 12.4 Å². The number of nitrogens with zero attached hydrogens (tertiary/aromatic N) is 1. The highest BCUT2D eigenvalue weighted by molar-refractivity contribution is 5.71. The highest BCUT2D eigenvalue weighted by Gasteiger charge is 2.25. The second-order valence-electron chi connectivity index (χ2n) is 4.60. The molecular weight excluding hydrogens is 177 g/mol. The summed E-state index contributed by atoms with van der Waals surface area (Å²) in [7, 11) is 0. The molecule has 1 nitrogen and oxygen atoms in total. The van der Waals surface area contributed by atoms with Gasteiger partial charge in [0.2, 0.25) is 0 Å². The molecular formula is C12H18FN. The van der Waals surface area contributed by atoms with Crippen LogP contribution < -0.4 is 0 Å². The first kappa shape index (κ1) is 11.2. The van der Waals surface area contributed by atoms with Crippen molar-refractivity contribution >= 4 is 6.21 Å². The van der Waals surface area contributed by atoms with Gasteiger partial charge in [0.15, 0.2) is 5.67 Å². The Bertz CT molecular complexity index is 287. The minimum absolute atomic E-state index is 0.106. The fraction of sp³-hybridized carbons (Fsp3) is 0.583. The number of allylic oxidation sites excluding steroid dienone is 3. The summed E-state index contributed by atoms with van der Waals surface area (Å²) in [6.45, 7) is 7.83. The molecule has 1 rings (SSSR count). The Hall–Kier alpha value is -0.920. The van der Waals surface area contributed by atoms with Gasteiger partial charge in [-0.1, -0.05) is 32.9 Å². The van der Waals surface area contributed by atoms with Gasteiger partial charge in [-0.3, -0.25) is 4.99 Å². The summed E-state index contributed by atoms with van der Waals surface area (Å²) >= 11 is 0. The van der Waals surface area contributed by atoms with E-state index in [1.54, 1.807) is 12.3 Å². The van der Waals surface area contributed by atoms with E-state index in [0.717, 1.165) is 0 Å². The number of aliphatic imine (C=N–C) groups is 1. The van der Waals surface area contributed by atoms with Crippen molar-refractivity contribution in [1.82, 2.24) is 0 Å². The van der Waals surface area contributed by atoms with Gasteiger partial charge < -0.3 is 0 Å². The van der Waals surface area contributed by atoms with E-state index in [-0.39, 0.29) is 5.41 Å². The molecule has 1 heterocycles. The van der Waals surface area contributed by atoms with Gasteiger partial charge in [-0.2, -0.15) is 0 Å². The summed E-state index contributed by atoms with van der Waals surface area (Å²) in [6.07, 6.45) is 8.53. The maximum atomic E-state index is 13.6. The molecule has 0 saturated heterocycles. The second-order valence-corrected chi connectivity index (χ2v) is 4.60. The normalized spacial score (nSPS) is 39.6. The molecule has 1 aliphatic rings. The first-order valence-corrected chi connectivity index (χ1v) is 4.97. The molecule has 2 heteroatoms. The lowest BCUT2D eigenvalue weighted by Gasteiger charge is -2.28. The van der Waals surface area contributed by atoms with Crippen LogP contribution in [0.25, 0.3) is 0 Å². The Morgan fingerprint density at radius 3 is 2.36 bits per heavy atom. The van der Waals surface area contributed by atoms with E-state index in [1.165, 1.54) is 13.1 Å². The largest absolute Gasteiger partial charge is 0.266 e. The van der Waals surface area contributed by atoms with Crippen molar-refractivity contribution in [3.05, 3.63) is 24.4 Å². The molecule has 0 aromatic carbocycles. The first-order valence-electron chi connectivity index (χ1n) is 4.97. The molecule has 2 unspecified atom stereocenters. The van der Waals surface area contributed by atoms with Crippen LogP contribution in [0, 0.1) is 11.3 Å². The van der Waals surface area contributed by atoms with Gasteiger partial charge in [0.25, 0.3) is 0 Å². The predicted octanol–water partition coefficient (Wildman–Crippen LogP) is 3.53. The monoisotopic (exact) mass is 195 g/mol. The third kappa shape index (κ3) is 2.53. The highest BCUT2D eigenvalue weighted by atomic mass is 19.1. The molecule has 78 valence electrons. The van der Waals surface area contributed by atoms with Gasteiger partial charge in [-0.25, -0.2) is 4.39 Å². The van der Waals surface area contributed by atoms with E-state index in [2.05, 4.69) is 25.8 Å². The van der Waals surface area contributed by atoms with E-state index < -0.39 is 5.67 Å². The minimum Gasteiger partial charge on any atom is -0.266 e. The Labute approximate surface area is 85.4 Å². The molecule has 0 saturated carbocycles. The maximum absolute atomic E-state index is 13.6.